The number of nitrogens with one attached hydrogen (secondary N) is 1. The van der Waals surface area contributed by atoms with Crippen LogP contribution in [0, 0.1) is 12.7 Å². The highest BCUT2D eigenvalue weighted by Crippen LogP contribution is 2.20. The van der Waals surface area contributed by atoms with Gasteiger partial charge < -0.3 is 4.98 Å². The second-order valence-electron chi connectivity index (χ2n) is 4.58. The molecular weight excluding hydrogens is 241 g/mol. The van der Waals surface area contributed by atoms with Gasteiger partial charge in [-0.1, -0.05) is 35.9 Å². The molecule has 2 aromatic carbocycles. The zero-order valence-electron chi connectivity index (χ0n) is 10.4. The number of aromatic nitrogens is 1. The molecule has 0 radical (unpaired) electrons. The van der Waals surface area contributed by atoms with Crippen molar-refractivity contribution in [3.8, 4) is 11.3 Å². The molecule has 19 heavy (non-hydrogen) atoms. The van der Waals surface area contributed by atoms with Gasteiger partial charge in [0.05, 0.1) is 10.9 Å². The van der Waals surface area contributed by atoms with E-state index < -0.39 is 5.82 Å². The van der Waals surface area contributed by atoms with Crippen molar-refractivity contribution in [3.05, 3.63) is 70.1 Å². The molecule has 1 N–H and O–H groups in total. The first-order chi connectivity index (χ1) is 9.15. The van der Waals surface area contributed by atoms with Crippen LogP contribution in [0.4, 0.5) is 4.39 Å². The van der Waals surface area contributed by atoms with E-state index in [2.05, 4.69) is 4.98 Å². The molecule has 0 aliphatic carbocycles. The van der Waals surface area contributed by atoms with Crippen LogP contribution in [0.1, 0.15) is 5.56 Å². The summed E-state index contributed by atoms with van der Waals surface area (Å²) < 4.78 is 13.6. The maximum Gasteiger partial charge on any atom is 0.192 e. The molecule has 0 saturated carbocycles. The van der Waals surface area contributed by atoms with Crippen molar-refractivity contribution in [2.45, 2.75) is 6.92 Å². The average molecular weight is 253 g/mol. The summed E-state index contributed by atoms with van der Waals surface area (Å²) in [6, 6.07) is 13.9. The lowest BCUT2D eigenvalue weighted by Crippen LogP contribution is -2.04. The molecule has 3 heteroatoms. The zero-order chi connectivity index (χ0) is 13.4. The van der Waals surface area contributed by atoms with Gasteiger partial charge in [-0.2, -0.15) is 0 Å². The summed E-state index contributed by atoms with van der Waals surface area (Å²) in [6.45, 7) is 2.00. The van der Waals surface area contributed by atoms with Gasteiger partial charge in [-0.3, -0.25) is 4.79 Å². The number of aryl methyl sites for hydroxylation is 1. The minimum atomic E-state index is -0.491. The van der Waals surface area contributed by atoms with E-state index in [0.717, 1.165) is 11.1 Å². The van der Waals surface area contributed by atoms with Crippen LogP contribution >= 0.6 is 0 Å². The standard InChI is InChI=1S/C16H12FNO/c1-10-5-7-11(8-6-10)14-9-15(19)16-12(17)3-2-4-13(16)18-14/h2-9H,1H3,(H,18,19). The molecule has 0 amide bonds. The Kier molecular flexibility index (Phi) is 2.67. The lowest BCUT2D eigenvalue weighted by molar-refractivity contribution is 0.639. The summed E-state index contributed by atoms with van der Waals surface area (Å²) in [4.78, 5) is 15.1. The van der Waals surface area contributed by atoms with Crippen molar-refractivity contribution >= 4 is 10.9 Å². The normalized spacial score (nSPS) is 10.8. The fraction of sp³-hybridized carbons (Fsp3) is 0.0625. The number of aromatic amines is 1. The lowest BCUT2D eigenvalue weighted by Gasteiger charge is -2.05. The molecule has 0 fully saturated rings. The highest BCUT2D eigenvalue weighted by Gasteiger charge is 2.07. The Hall–Kier alpha value is -2.42. The SMILES string of the molecule is Cc1ccc(-c2cc(=O)c3c(F)cccc3[nH]2)cc1. The van der Waals surface area contributed by atoms with Crippen LogP contribution < -0.4 is 5.43 Å². The minimum absolute atomic E-state index is 0.110. The highest BCUT2D eigenvalue weighted by atomic mass is 19.1. The van der Waals surface area contributed by atoms with Gasteiger partial charge in [0.15, 0.2) is 5.43 Å². The van der Waals surface area contributed by atoms with Crippen molar-refractivity contribution in [1.82, 2.24) is 4.98 Å². The summed E-state index contributed by atoms with van der Waals surface area (Å²) in [6.07, 6.45) is 0. The van der Waals surface area contributed by atoms with Crippen LogP contribution in [0.5, 0.6) is 0 Å². The molecule has 2 nitrogen and oxygen atoms in total. The number of hydrogen-bond acceptors (Lipinski definition) is 1. The third-order valence-electron chi connectivity index (χ3n) is 3.17. The minimum Gasteiger partial charge on any atom is -0.354 e. The second kappa shape index (κ2) is 4.35. The molecule has 0 aliphatic heterocycles. The monoisotopic (exact) mass is 253 g/mol. The largest absolute Gasteiger partial charge is 0.354 e. The first-order valence-electron chi connectivity index (χ1n) is 6.04. The van der Waals surface area contributed by atoms with E-state index >= 15 is 0 Å². The Bertz CT molecular complexity index is 803. The maximum absolute atomic E-state index is 13.6. The molecule has 1 aromatic heterocycles. The first kappa shape index (κ1) is 11.7. The predicted molar refractivity (Wildman–Crippen MR) is 74.7 cm³/mol. The van der Waals surface area contributed by atoms with E-state index in [1.54, 1.807) is 12.1 Å². The number of rotatable bonds is 1. The summed E-state index contributed by atoms with van der Waals surface area (Å²) in [5, 5.41) is 0.110. The van der Waals surface area contributed by atoms with Gasteiger partial charge in [0.2, 0.25) is 0 Å². The van der Waals surface area contributed by atoms with Gasteiger partial charge in [0.1, 0.15) is 5.82 Å². The van der Waals surface area contributed by atoms with E-state index in [4.69, 9.17) is 0 Å². The van der Waals surface area contributed by atoms with Crippen molar-refractivity contribution in [1.29, 1.82) is 0 Å². The Morgan fingerprint density at radius 3 is 2.53 bits per heavy atom. The summed E-state index contributed by atoms with van der Waals surface area (Å²) in [5.41, 5.74) is 2.97. The van der Waals surface area contributed by atoms with E-state index in [1.165, 1.54) is 12.1 Å². The molecule has 1 heterocycles. The predicted octanol–water partition coefficient (Wildman–Crippen LogP) is 3.64. The third kappa shape index (κ3) is 2.03. The molecule has 0 bridgehead atoms. The molecular formula is C16H12FNO. The Balaban J connectivity index is 2.27. The fourth-order valence-corrected chi connectivity index (χ4v) is 2.15. The van der Waals surface area contributed by atoms with Gasteiger partial charge >= 0.3 is 0 Å². The van der Waals surface area contributed by atoms with Gasteiger partial charge in [-0.15, -0.1) is 0 Å². The number of benzene rings is 2. The van der Waals surface area contributed by atoms with Gasteiger partial charge in [-0.05, 0) is 24.6 Å². The van der Waals surface area contributed by atoms with Crippen LogP contribution in [0.25, 0.3) is 22.2 Å². The number of fused-ring (bicyclic) bond motifs is 1. The van der Waals surface area contributed by atoms with Crippen molar-refractivity contribution in [2.24, 2.45) is 0 Å². The Morgan fingerprint density at radius 1 is 1.05 bits per heavy atom. The summed E-state index contributed by atoms with van der Waals surface area (Å²) in [7, 11) is 0. The van der Waals surface area contributed by atoms with Crippen molar-refractivity contribution in [3.63, 3.8) is 0 Å². The molecule has 0 spiro atoms. The lowest BCUT2D eigenvalue weighted by atomic mass is 10.1. The Labute approximate surface area is 109 Å². The number of halogens is 1. The van der Waals surface area contributed by atoms with E-state index in [-0.39, 0.29) is 10.8 Å². The first-order valence-corrected chi connectivity index (χ1v) is 6.04. The van der Waals surface area contributed by atoms with E-state index in [0.29, 0.717) is 11.2 Å². The van der Waals surface area contributed by atoms with E-state index in [9.17, 15) is 9.18 Å². The van der Waals surface area contributed by atoms with Crippen molar-refractivity contribution < 1.29 is 4.39 Å². The summed E-state index contributed by atoms with van der Waals surface area (Å²) >= 11 is 0. The van der Waals surface area contributed by atoms with Crippen LogP contribution in [-0.2, 0) is 0 Å². The van der Waals surface area contributed by atoms with Gasteiger partial charge in [0, 0.05) is 11.8 Å². The van der Waals surface area contributed by atoms with Crippen LogP contribution in [-0.4, -0.2) is 4.98 Å². The highest BCUT2D eigenvalue weighted by molar-refractivity contribution is 5.81. The van der Waals surface area contributed by atoms with Gasteiger partial charge in [0.25, 0.3) is 0 Å². The van der Waals surface area contributed by atoms with Crippen LogP contribution in [0.15, 0.2) is 53.3 Å². The Morgan fingerprint density at radius 2 is 1.79 bits per heavy atom. The van der Waals surface area contributed by atoms with Crippen molar-refractivity contribution in [2.75, 3.05) is 0 Å². The molecule has 0 unspecified atom stereocenters. The molecule has 0 saturated heterocycles. The van der Waals surface area contributed by atoms with E-state index in [1.807, 2.05) is 31.2 Å². The smallest absolute Gasteiger partial charge is 0.192 e. The molecule has 3 aromatic rings. The number of H-pyrrole nitrogens is 1. The molecule has 0 aliphatic rings. The molecule has 0 atom stereocenters. The van der Waals surface area contributed by atoms with Crippen LogP contribution in [0.2, 0.25) is 0 Å². The quantitative estimate of drug-likeness (QED) is 0.705. The molecule has 94 valence electrons. The topological polar surface area (TPSA) is 32.9 Å². The van der Waals surface area contributed by atoms with Gasteiger partial charge in [-0.25, -0.2) is 4.39 Å². The maximum atomic E-state index is 13.6. The average Bonchev–Trinajstić information content (AvgIpc) is 2.39. The number of pyridine rings is 1. The summed E-state index contributed by atoms with van der Waals surface area (Å²) in [5.74, 6) is -0.491. The second-order valence-corrected chi connectivity index (χ2v) is 4.58. The zero-order valence-corrected chi connectivity index (χ0v) is 10.4. The molecule has 3 rings (SSSR count). The van der Waals surface area contributed by atoms with Crippen LogP contribution in [0.3, 0.4) is 0 Å². The fourth-order valence-electron chi connectivity index (χ4n) is 2.15. The number of hydrogen-bond donors (Lipinski definition) is 1. The third-order valence-corrected chi connectivity index (χ3v) is 3.17.